The van der Waals surface area contributed by atoms with Crippen LogP contribution in [0.15, 0.2) is 0 Å². The molecule has 38 heavy (non-hydrogen) atoms. The minimum atomic E-state index is 0.316. The molecule has 0 heterocycles. The molecule has 0 fully saturated rings. The topological polar surface area (TPSA) is 64.8 Å². The summed E-state index contributed by atoms with van der Waals surface area (Å²) in [6, 6.07) is 0. The number of ether oxygens (including phenoxy) is 2. The van der Waals surface area contributed by atoms with E-state index < -0.39 is 0 Å². The fourth-order valence-corrected chi connectivity index (χ4v) is 5.01. The molecule has 5 heteroatoms. The number of nitrogens with two attached hydrogens (primary N) is 1. The van der Waals surface area contributed by atoms with Gasteiger partial charge in [-0.15, -0.1) is 0 Å². The second-order valence-electron chi connectivity index (χ2n) is 11.2. The average molecular weight is 541 g/mol. The van der Waals surface area contributed by atoms with Crippen molar-refractivity contribution >= 4 is 5.91 Å². The molecule has 0 atom stereocenters. The first-order valence-corrected chi connectivity index (χ1v) is 16.9. The molecule has 0 spiro atoms. The number of carbonyl (C=O) groups is 1. The minimum absolute atomic E-state index is 0.316. The Bertz CT molecular complexity index is 462. The predicted molar refractivity (Wildman–Crippen MR) is 165 cm³/mol. The highest BCUT2D eigenvalue weighted by molar-refractivity contribution is 5.76. The molecule has 5 nitrogen and oxygen atoms in total. The monoisotopic (exact) mass is 541 g/mol. The Balaban J connectivity index is 3.99. The molecule has 0 aliphatic heterocycles. The molecule has 0 saturated heterocycles. The van der Waals surface area contributed by atoms with Gasteiger partial charge in [0, 0.05) is 26.1 Å². The van der Waals surface area contributed by atoms with E-state index in [0.29, 0.717) is 51.8 Å². The minimum Gasteiger partial charge on any atom is -0.378 e. The van der Waals surface area contributed by atoms with Crippen LogP contribution >= 0.6 is 0 Å². The molecule has 0 aliphatic carbocycles. The average Bonchev–Trinajstić information content (AvgIpc) is 2.92. The summed E-state index contributed by atoms with van der Waals surface area (Å²) in [5.41, 5.74) is 5.45. The third kappa shape index (κ3) is 28.4. The van der Waals surface area contributed by atoms with Gasteiger partial charge in [0.2, 0.25) is 5.91 Å². The Morgan fingerprint density at radius 1 is 0.500 bits per heavy atom. The molecule has 0 aromatic heterocycles. The van der Waals surface area contributed by atoms with Crippen LogP contribution in [0.5, 0.6) is 0 Å². The third-order valence-electron chi connectivity index (χ3n) is 7.52. The highest BCUT2D eigenvalue weighted by Gasteiger charge is 2.13. The van der Waals surface area contributed by atoms with Crippen LogP contribution in [0, 0.1) is 0 Å². The first kappa shape index (κ1) is 37.4. The van der Waals surface area contributed by atoms with Crippen molar-refractivity contribution in [2.75, 3.05) is 46.1 Å². The van der Waals surface area contributed by atoms with E-state index in [1.54, 1.807) is 0 Å². The van der Waals surface area contributed by atoms with Gasteiger partial charge in [-0.05, 0) is 12.8 Å². The van der Waals surface area contributed by atoms with Gasteiger partial charge in [-0.1, -0.05) is 142 Å². The highest BCUT2D eigenvalue weighted by atomic mass is 16.5. The van der Waals surface area contributed by atoms with Crippen LogP contribution in [0.1, 0.15) is 162 Å². The van der Waals surface area contributed by atoms with Crippen LogP contribution in [0.25, 0.3) is 0 Å². The largest absolute Gasteiger partial charge is 0.378 e. The first-order valence-electron chi connectivity index (χ1n) is 16.9. The molecule has 2 N–H and O–H groups in total. The first-order chi connectivity index (χ1) is 18.8. The summed E-state index contributed by atoms with van der Waals surface area (Å²) >= 11 is 0. The van der Waals surface area contributed by atoms with Gasteiger partial charge in [0.05, 0.1) is 26.4 Å². The standard InChI is InChI=1S/C33H68N2O3/c1-3-5-7-9-11-13-15-17-19-21-23-25-33(36)35(28-30-38-32-31-37-29-26-34)27-24-22-20-18-16-14-12-10-8-6-4-2/h3-32,34H2,1-2H3. The zero-order chi connectivity index (χ0) is 27.8. The quantitative estimate of drug-likeness (QED) is 0.0866. The second-order valence-corrected chi connectivity index (χ2v) is 11.2. The van der Waals surface area contributed by atoms with Gasteiger partial charge in [0.25, 0.3) is 0 Å². The molecule has 0 aromatic carbocycles. The number of carbonyl (C=O) groups excluding carboxylic acids is 1. The van der Waals surface area contributed by atoms with E-state index in [1.807, 2.05) is 0 Å². The van der Waals surface area contributed by atoms with Crippen LogP contribution in [0.3, 0.4) is 0 Å². The normalized spacial score (nSPS) is 11.3. The molecular formula is C33H68N2O3. The summed E-state index contributed by atoms with van der Waals surface area (Å²) in [6.45, 7) is 8.98. The lowest BCUT2D eigenvalue weighted by molar-refractivity contribution is -0.132. The van der Waals surface area contributed by atoms with Gasteiger partial charge in [0.15, 0.2) is 0 Å². The lowest BCUT2D eigenvalue weighted by Gasteiger charge is -2.23. The smallest absolute Gasteiger partial charge is 0.222 e. The van der Waals surface area contributed by atoms with Gasteiger partial charge in [-0.3, -0.25) is 4.79 Å². The van der Waals surface area contributed by atoms with E-state index in [-0.39, 0.29) is 0 Å². The van der Waals surface area contributed by atoms with E-state index in [9.17, 15) is 4.79 Å². The highest BCUT2D eigenvalue weighted by Crippen LogP contribution is 2.14. The van der Waals surface area contributed by atoms with Crippen LogP contribution in [-0.4, -0.2) is 56.9 Å². The van der Waals surface area contributed by atoms with Crippen molar-refractivity contribution in [3.8, 4) is 0 Å². The van der Waals surface area contributed by atoms with Crippen molar-refractivity contribution in [3.63, 3.8) is 0 Å². The van der Waals surface area contributed by atoms with E-state index in [0.717, 1.165) is 19.4 Å². The van der Waals surface area contributed by atoms with Crippen molar-refractivity contribution in [2.45, 2.75) is 162 Å². The van der Waals surface area contributed by atoms with Crippen molar-refractivity contribution in [1.29, 1.82) is 0 Å². The number of hydrogen-bond donors (Lipinski definition) is 1. The van der Waals surface area contributed by atoms with E-state index >= 15 is 0 Å². The lowest BCUT2D eigenvalue weighted by atomic mass is 10.0. The summed E-state index contributed by atoms with van der Waals surface area (Å²) in [6.07, 6.45) is 29.8. The van der Waals surface area contributed by atoms with Crippen LogP contribution in [0.2, 0.25) is 0 Å². The number of nitrogens with zero attached hydrogens (tertiary/aromatic N) is 1. The van der Waals surface area contributed by atoms with Crippen LogP contribution in [0.4, 0.5) is 0 Å². The molecule has 0 saturated carbocycles. The molecule has 0 bridgehead atoms. The second kappa shape index (κ2) is 32.6. The fourth-order valence-electron chi connectivity index (χ4n) is 5.01. The fraction of sp³-hybridized carbons (Fsp3) is 0.970. The molecule has 0 aromatic rings. The van der Waals surface area contributed by atoms with Gasteiger partial charge in [-0.25, -0.2) is 0 Å². The van der Waals surface area contributed by atoms with Crippen molar-refractivity contribution in [3.05, 3.63) is 0 Å². The third-order valence-corrected chi connectivity index (χ3v) is 7.52. The molecule has 0 unspecified atom stereocenters. The molecule has 0 rings (SSSR count). The SMILES string of the molecule is CCCCCCCCCCCCCC(=O)N(CCCCCCCCCCCCC)CCOCCOCCN. The number of rotatable bonds is 32. The van der Waals surface area contributed by atoms with E-state index in [2.05, 4.69) is 18.7 Å². The number of unbranched alkanes of at least 4 members (excludes halogenated alkanes) is 20. The number of hydrogen-bond acceptors (Lipinski definition) is 4. The Labute approximate surface area is 238 Å². The summed E-state index contributed by atoms with van der Waals surface area (Å²) in [4.78, 5) is 15.0. The Morgan fingerprint density at radius 3 is 1.34 bits per heavy atom. The maximum atomic E-state index is 13.0. The maximum Gasteiger partial charge on any atom is 0.222 e. The Morgan fingerprint density at radius 2 is 0.895 bits per heavy atom. The summed E-state index contributed by atoms with van der Waals surface area (Å²) in [5, 5.41) is 0. The van der Waals surface area contributed by atoms with Crippen LogP contribution in [-0.2, 0) is 14.3 Å². The molecule has 0 radical (unpaired) electrons. The zero-order valence-electron chi connectivity index (χ0n) is 26.0. The van der Waals surface area contributed by atoms with E-state index in [4.69, 9.17) is 15.2 Å². The predicted octanol–water partition coefficient (Wildman–Crippen LogP) is 8.82. The van der Waals surface area contributed by atoms with Crippen molar-refractivity contribution in [2.24, 2.45) is 5.73 Å². The Kier molecular flexibility index (Phi) is 32.0. The molecule has 0 aliphatic rings. The van der Waals surface area contributed by atoms with Gasteiger partial charge in [-0.2, -0.15) is 0 Å². The van der Waals surface area contributed by atoms with Crippen LogP contribution < -0.4 is 5.73 Å². The number of amides is 1. The van der Waals surface area contributed by atoms with Gasteiger partial charge >= 0.3 is 0 Å². The molecule has 1 amide bonds. The summed E-state index contributed by atoms with van der Waals surface area (Å²) in [7, 11) is 0. The summed E-state index contributed by atoms with van der Waals surface area (Å²) in [5.74, 6) is 0.316. The van der Waals surface area contributed by atoms with Gasteiger partial charge in [0.1, 0.15) is 0 Å². The zero-order valence-corrected chi connectivity index (χ0v) is 26.0. The maximum absolute atomic E-state index is 13.0. The van der Waals surface area contributed by atoms with E-state index in [1.165, 1.54) is 128 Å². The summed E-state index contributed by atoms with van der Waals surface area (Å²) < 4.78 is 11.1. The lowest BCUT2D eigenvalue weighted by Crippen LogP contribution is -2.35. The van der Waals surface area contributed by atoms with Crippen molar-refractivity contribution in [1.82, 2.24) is 4.90 Å². The Hall–Kier alpha value is -0.650. The van der Waals surface area contributed by atoms with Crippen molar-refractivity contribution < 1.29 is 14.3 Å². The molecule has 228 valence electrons. The van der Waals surface area contributed by atoms with Gasteiger partial charge < -0.3 is 20.1 Å². The molecular weight excluding hydrogens is 472 g/mol.